The summed E-state index contributed by atoms with van der Waals surface area (Å²) in [5.74, 6) is -0.887. The summed E-state index contributed by atoms with van der Waals surface area (Å²) < 4.78 is 0. The Kier molecular flexibility index (Phi) is 6.39. The van der Waals surface area contributed by atoms with Crippen LogP contribution in [0.25, 0.3) is 0 Å². The summed E-state index contributed by atoms with van der Waals surface area (Å²) in [6.07, 6.45) is 0.110. The summed E-state index contributed by atoms with van der Waals surface area (Å²) in [6, 6.07) is 7.16. The minimum Gasteiger partial charge on any atom is -0.357 e. The molecule has 0 aliphatic carbocycles. The second-order valence-electron chi connectivity index (χ2n) is 4.28. The number of rotatable bonds is 7. The van der Waals surface area contributed by atoms with Crippen LogP contribution in [0.15, 0.2) is 24.3 Å². The van der Waals surface area contributed by atoms with Gasteiger partial charge in [-0.1, -0.05) is 29.8 Å². The monoisotopic (exact) mass is 278 g/mol. The molecule has 2 N–H and O–H groups in total. The van der Waals surface area contributed by atoms with Crippen molar-refractivity contribution in [3.05, 3.63) is 35.4 Å². The van der Waals surface area contributed by atoms with E-state index in [-0.39, 0.29) is 31.1 Å². The van der Waals surface area contributed by atoms with Crippen LogP contribution in [0.1, 0.15) is 28.8 Å². The minimum absolute atomic E-state index is 0.0143. The van der Waals surface area contributed by atoms with E-state index in [1.807, 2.05) is 19.1 Å². The zero-order valence-corrected chi connectivity index (χ0v) is 11.6. The first kappa shape index (κ1) is 15.8. The third-order valence-corrected chi connectivity index (χ3v) is 2.62. The summed E-state index contributed by atoms with van der Waals surface area (Å²) in [5, 5.41) is 2.35. The van der Waals surface area contributed by atoms with E-state index in [1.54, 1.807) is 12.1 Å². The zero-order chi connectivity index (χ0) is 15.0. The molecule has 0 aliphatic heterocycles. The van der Waals surface area contributed by atoms with Gasteiger partial charge in [0.2, 0.25) is 11.8 Å². The Bertz CT molecular complexity index is 482. The molecule has 0 saturated heterocycles. The van der Waals surface area contributed by atoms with Crippen LogP contribution in [0.2, 0.25) is 0 Å². The maximum Gasteiger partial charge on any atom is 0.248 e. The van der Waals surface area contributed by atoms with Gasteiger partial charge in [-0.25, -0.2) is 5.48 Å². The highest BCUT2D eigenvalue weighted by Crippen LogP contribution is 2.07. The lowest BCUT2D eigenvalue weighted by atomic mass is 10.1. The van der Waals surface area contributed by atoms with Crippen LogP contribution in [0.4, 0.5) is 0 Å². The van der Waals surface area contributed by atoms with Gasteiger partial charge in [0.25, 0.3) is 0 Å². The normalized spacial score (nSPS) is 9.90. The predicted molar refractivity (Wildman–Crippen MR) is 72.9 cm³/mol. The van der Waals surface area contributed by atoms with Crippen molar-refractivity contribution in [1.29, 1.82) is 0 Å². The average Bonchev–Trinajstić information content (AvgIpc) is 2.45. The fourth-order valence-corrected chi connectivity index (χ4v) is 1.42. The average molecular weight is 278 g/mol. The van der Waals surface area contributed by atoms with E-state index >= 15 is 0 Å². The number of nitrogens with one attached hydrogen (secondary N) is 2. The van der Waals surface area contributed by atoms with Gasteiger partial charge in [-0.2, -0.15) is 0 Å². The molecule has 0 aromatic heterocycles. The third-order valence-electron chi connectivity index (χ3n) is 2.62. The first-order valence-electron chi connectivity index (χ1n) is 6.24. The molecular formula is C14H18N2O4. The molecule has 6 nitrogen and oxygen atoms in total. The topological polar surface area (TPSA) is 84.5 Å². The van der Waals surface area contributed by atoms with Crippen LogP contribution < -0.4 is 10.8 Å². The van der Waals surface area contributed by atoms with Crippen molar-refractivity contribution in [2.45, 2.75) is 19.8 Å². The van der Waals surface area contributed by atoms with Gasteiger partial charge in [0.1, 0.15) is 0 Å². The minimum atomic E-state index is -0.436. The van der Waals surface area contributed by atoms with Gasteiger partial charge in [0.05, 0.1) is 0 Å². The van der Waals surface area contributed by atoms with Crippen molar-refractivity contribution in [1.82, 2.24) is 10.8 Å². The molecule has 0 fully saturated rings. The van der Waals surface area contributed by atoms with Gasteiger partial charge in [0, 0.05) is 25.5 Å². The summed E-state index contributed by atoms with van der Waals surface area (Å²) in [7, 11) is 1.47. The number of hydrogen-bond acceptors (Lipinski definition) is 4. The van der Waals surface area contributed by atoms with Gasteiger partial charge in [0.15, 0.2) is 12.4 Å². The van der Waals surface area contributed by atoms with E-state index in [4.69, 9.17) is 0 Å². The molecule has 108 valence electrons. The number of amides is 2. The van der Waals surface area contributed by atoms with Crippen molar-refractivity contribution in [3.63, 3.8) is 0 Å². The Balaban J connectivity index is 2.28. The number of aryl methyl sites for hydroxylation is 1. The third kappa shape index (κ3) is 5.62. The van der Waals surface area contributed by atoms with Crippen molar-refractivity contribution in [3.8, 4) is 0 Å². The second-order valence-corrected chi connectivity index (χ2v) is 4.28. The maximum atomic E-state index is 11.8. The van der Waals surface area contributed by atoms with Crippen LogP contribution in [0.3, 0.4) is 0 Å². The molecule has 0 bridgehead atoms. The lowest BCUT2D eigenvalue weighted by molar-refractivity contribution is -0.138. The van der Waals surface area contributed by atoms with Gasteiger partial charge >= 0.3 is 0 Å². The fourth-order valence-electron chi connectivity index (χ4n) is 1.42. The Hall–Kier alpha value is -2.21. The number of Topliss-reactive ketones (excluding diaryl/α,β-unsaturated/α-hetero) is 1. The number of likely N-dealkylation sites (N-methyl/N-ethyl adjacent to an activating group) is 1. The molecule has 2 amide bonds. The van der Waals surface area contributed by atoms with Crippen molar-refractivity contribution < 1.29 is 19.2 Å². The Morgan fingerprint density at radius 2 is 1.70 bits per heavy atom. The molecule has 0 radical (unpaired) electrons. The number of benzene rings is 1. The van der Waals surface area contributed by atoms with Gasteiger partial charge < -0.3 is 5.32 Å². The van der Waals surface area contributed by atoms with Crippen molar-refractivity contribution in [2.24, 2.45) is 0 Å². The molecule has 1 rings (SSSR count). The van der Waals surface area contributed by atoms with E-state index in [0.717, 1.165) is 5.56 Å². The molecule has 1 aromatic rings. The molecule has 0 aliphatic rings. The highest BCUT2D eigenvalue weighted by atomic mass is 16.7. The molecule has 0 saturated carbocycles. The highest BCUT2D eigenvalue weighted by molar-refractivity contribution is 5.97. The molecule has 6 heteroatoms. The van der Waals surface area contributed by atoms with Crippen LogP contribution in [-0.2, 0) is 14.4 Å². The van der Waals surface area contributed by atoms with Crippen molar-refractivity contribution >= 4 is 17.6 Å². The van der Waals surface area contributed by atoms with E-state index in [9.17, 15) is 14.4 Å². The number of carbonyl (C=O) groups is 3. The maximum absolute atomic E-state index is 11.8. The van der Waals surface area contributed by atoms with Crippen LogP contribution in [0, 0.1) is 6.92 Å². The van der Waals surface area contributed by atoms with Crippen LogP contribution in [-0.4, -0.2) is 31.3 Å². The van der Waals surface area contributed by atoms with E-state index in [2.05, 4.69) is 15.6 Å². The van der Waals surface area contributed by atoms with E-state index < -0.39 is 5.91 Å². The van der Waals surface area contributed by atoms with Crippen LogP contribution >= 0.6 is 0 Å². The second kappa shape index (κ2) is 8.06. The Morgan fingerprint density at radius 3 is 2.30 bits per heavy atom. The number of hydroxylamine groups is 1. The number of carbonyl (C=O) groups excluding carboxylic acids is 3. The van der Waals surface area contributed by atoms with Crippen LogP contribution in [0.5, 0.6) is 0 Å². The lowest BCUT2D eigenvalue weighted by Gasteiger charge is -2.05. The lowest BCUT2D eigenvalue weighted by Crippen LogP contribution is -2.31. The summed E-state index contributed by atoms with van der Waals surface area (Å²) in [4.78, 5) is 38.7. The fraction of sp³-hybridized carbons (Fsp3) is 0.357. The molecule has 0 heterocycles. The quantitative estimate of drug-likeness (QED) is 0.569. The number of hydrogen-bond donors (Lipinski definition) is 2. The largest absolute Gasteiger partial charge is 0.357 e. The van der Waals surface area contributed by atoms with Gasteiger partial charge in [-0.05, 0) is 6.92 Å². The summed E-state index contributed by atoms with van der Waals surface area (Å²) in [5.41, 5.74) is 3.76. The SMILES string of the molecule is CNC(=O)CONC(=O)CCC(=O)c1ccc(C)cc1. The first-order valence-corrected chi connectivity index (χ1v) is 6.24. The first-order chi connectivity index (χ1) is 9.52. The number of ketones is 1. The molecular weight excluding hydrogens is 260 g/mol. The van der Waals surface area contributed by atoms with E-state index in [1.165, 1.54) is 7.05 Å². The standard InChI is InChI=1S/C14H18N2O4/c1-10-3-5-11(6-4-10)12(17)7-8-13(18)16-20-9-14(19)15-2/h3-6H,7-9H2,1-2H3,(H,15,19)(H,16,18). The van der Waals surface area contributed by atoms with Gasteiger partial charge in [-0.3, -0.25) is 19.2 Å². The molecule has 0 atom stereocenters. The van der Waals surface area contributed by atoms with Crippen molar-refractivity contribution in [2.75, 3.05) is 13.7 Å². The molecule has 20 heavy (non-hydrogen) atoms. The summed E-state index contributed by atoms with van der Waals surface area (Å²) >= 11 is 0. The van der Waals surface area contributed by atoms with E-state index in [0.29, 0.717) is 5.56 Å². The predicted octanol–water partition coefficient (Wildman–Crippen LogP) is 0.752. The smallest absolute Gasteiger partial charge is 0.248 e. The Labute approximate surface area is 117 Å². The molecule has 1 aromatic carbocycles. The molecule has 0 unspecified atom stereocenters. The summed E-state index contributed by atoms with van der Waals surface area (Å²) in [6.45, 7) is 1.68. The Morgan fingerprint density at radius 1 is 1.05 bits per heavy atom. The van der Waals surface area contributed by atoms with Gasteiger partial charge in [-0.15, -0.1) is 0 Å². The highest BCUT2D eigenvalue weighted by Gasteiger charge is 2.09. The molecule has 0 spiro atoms. The zero-order valence-electron chi connectivity index (χ0n) is 11.6.